The van der Waals surface area contributed by atoms with Crippen LogP contribution in [0.25, 0.3) is 0 Å². The van der Waals surface area contributed by atoms with Crippen LogP contribution in [0.3, 0.4) is 0 Å². The van der Waals surface area contributed by atoms with Crippen LogP contribution < -0.4 is 10.6 Å². The summed E-state index contributed by atoms with van der Waals surface area (Å²) >= 11 is 5.92. The van der Waals surface area contributed by atoms with Gasteiger partial charge in [-0.25, -0.2) is 0 Å². The number of benzene rings is 1. The van der Waals surface area contributed by atoms with E-state index < -0.39 is 17.6 Å². The predicted molar refractivity (Wildman–Crippen MR) is 94.5 cm³/mol. The van der Waals surface area contributed by atoms with E-state index in [4.69, 9.17) is 21.1 Å². The smallest absolute Gasteiger partial charge is 0.313 e. The molecule has 0 unspecified atom stereocenters. The summed E-state index contributed by atoms with van der Waals surface area (Å²) in [6.45, 7) is 2.52. The highest BCUT2D eigenvalue weighted by atomic mass is 35.5. The number of hydrogen-bond donors (Lipinski definition) is 2. The maximum atomic E-state index is 12.0. The van der Waals surface area contributed by atoms with Crippen molar-refractivity contribution in [1.82, 2.24) is 5.32 Å². The van der Waals surface area contributed by atoms with Gasteiger partial charge >= 0.3 is 11.8 Å². The van der Waals surface area contributed by atoms with Crippen molar-refractivity contribution in [1.29, 1.82) is 0 Å². The molecule has 1 aromatic rings. The summed E-state index contributed by atoms with van der Waals surface area (Å²) in [5.74, 6) is -1.91. The third-order valence-corrected chi connectivity index (χ3v) is 4.91. The summed E-state index contributed by atoms with van der Waals surface area (Å²) in [6, 6.07) is 5.12. The van der Waals surface area contributed by atoms with Crippen LogP contribution in [0.1, 0.15) is 37.7 Å². The van der Waals surface area contributed by atoms with Gasteiger partial charge in [-0.05, 0) is 37.5 Å². The summed E-state index contributed by atoms with van der Waals surface area (Å²) in [7, 11) is 0. The molecule has 2 aliphatic rings. The van der Waals surface area contributed by atoms with Gasteiger partial charge in [-0.1, -0.05) is 24.1 Å². The van der Waals surface area contributed by atoms with Crippen LogP contribution >= 0.6 is 11.6 Å². The Morgan fingerprint density at radius 3 is 2.76 bits per heavy atom. The zero-order valence-electron chi connectivity index (χ0n) is 14.3. The van der Waals surface area contributed by atoms with Crippen molar-refractivity contribution in [3.8, 4) is 0 Å². The lowest BCUT2D eigenvalue weighted by molar-refractivity contribution is -0.186. The van der Waals surface area contributed by atoms with Crippen molar-refractivity contribution >= 4 is 29.1 Å². The first-order valence-electron chi connectivity index (χ1n) is 8.65. The van der Waals surface area contributed by atoms with Crippen LogP contribution in [0.4, 0.5) is 5.69 Å². The van der Waals surface area contributed by atoms with Crippen molar-refractivity contribution in [3.05, 3.63) is 28.8 Å². The highest BCUT2D eigenvalue weighted by Crippen LogP contribution is 2.37. The molecular weight excluding hydrogens is 344 g/mol. The lowest BCUT2D eigenvalue weighted by Crippen LogP contribution is -2.41. The first-order valence-corrected chi connectivity index (χ1v) is 9.02. The second-order valence-electron chi connectivity index (χ2n) is 6.65. The van der Waals surface area contributed by atoms with E-state index in [9.17, 15) is 9.59 Å². The van der Waals surface area contributed by atoms with E-state index in [0.29, 0.717) is 17.3 Å². The molecular formula is C18H23ClN2O4. The molecule has 0 radical (unpaired) electrons. The fourth-order valence-corrected chi connectivity index (χ4v) is 3.44. The number of rotatable bonds is 3. The van der Waals surface area contributed by atoms with Crippen LogP contribution in [0, 0.1) is 6.92 Å². The van der Waals surface area contributed by atoms with E-state index in [1.807, 2.05) is 6.92 Å². The van der Waals surface area contributed by atoms with Crippen LogP contribution in [0.5, 0.6) is 0 Å². The Balaban J connectivity index is 1.47. The third-order valence-electron chi connectivity index (χ3n) is 4.67. The van der Waals surface area contributed by atoms with Gasteiger partial charge in [0.05, 0.1) is 6.61 Å². The molecule has 1 heterocycles. The van der Waals surface area contributed by atoms with Gasteiger partial charge in [-0.3, -0.25) is 9.59 Å². The molecule has 1 aliphatic heterocycles. The highest BCUT2D eigenvalue weighted by molar-refractivity contribution is 6.40. The molecule has 25 heavy (non-hydrogen) atoms. The summed E-state index contributed by atoms with van der Waals surface area (Å²) < 4.78 is 11.8. The first kappa shape index (κ1) is 18.2. The quantitative estimate of drug-likeness (QED) is 0.806. The Kier molecular flexibility index (Phi) is 5.61. The fraction of sp³-hybridized carbons (Fsp3) is 0.556. The molecule has 1 aliphatic carbocycles. The Hall–Kier alpha value is -1.63. The van der Waals surface area contributed by atoms with Crippen molar-refractivity contribution in [3.63, 3.8) is 0 Å². The molecule has 6 nitrogen and oxygen atoms in total. The average Bonchev–Trinajstić information content (AvgIpc) is 2.99. The SMILES string of the molecule is Cc1ccc(Cl)cc1NC(=O)C(=O)NC[C@@H]1COC2(CCCCC2)O1. The van der Waals surface area contributed by atoms with E-state index in [1.165, 1.54) is 6.42 Å². The molecule has 7 heteroatoms. The Morgan fingerprint density at radius 2 is 2.00 bits per heavy atom. The normalized spacial score (nSPS) is 21.9. The minimum absolute atomic E-state index is 0.220. The van der Waals surface area contributed by atoms with Crippen molar-refractivity contribution < 1.29 is 19.1 Å². The van der Waals surface area contributed by atoms with Crippen LogP contribution in [0.2, 0.25) is 5.02 Å². The number of anilines is 1. The molecule has 1 atom stereocenters. The Labute approximate surface area is 152 Å². The molecule has 0 bridgehead atoms. The monoisotopic (exact) mass is 366 g/mol. The van der Waals surface area contributed by atoms with Gasteiger partial charge in [0.15, 0.2) is 5.79 Å². The second-order valence-corrected chi connectivity index (χ2v) is 7.08. The van der Waals surface area contributed by atoms with Crippen molar-refractivity contribution in [2.75, 3.05) is 18.5 Å². The minimum Gasteiger partial charge on any atom is -0.347 e. The molecule has 136 valence electrons. The van der Waals surface area contributed by atoms with E-state index in [2.05, 4.69) is 10.6 Å². The largest absolute Gasteiger partial charge is 0.347 e. The number of nitrogens with one attached hydrogen (secondary N) is 2. The number of carbonyl (C=O) groups is 2. The first-order chi connectivity index (χ1) is 12.0. The molecule has 0 aromatic heterocycles. The molecule has 1 spiro atoms. The number of halogens is 1. The number of carbonyl (C=O) groups excluding carboxylic acids is 2. The average molecular weight is 367 g/mol. The zero-order valence-corrected chi connectivity index (χ0v) is 15.0. The molecule has 2 amide bonds. The maximum absolute atomic E-state index is 12.0. The maximum Gasteiger partial charge on any atom is 0.313 e. The van der Waals surface area contributed by atoms with Crippen LogP contribution in [-0.2, 0) is 19.1 Å². The van der Waals surface area contributed by atoms with E-state index >= 15 is 0 Å². The predicted octanol–water partition coefficient (Wildman–Crippen LogP) is 2.78. The summed E-state index contributed by atoms with van der Waals surface area (Å²) in [5, 5.41) is 5.68. The number of hydrogen-bond acceptors (Lipinski definition) is 4. The summed E-state index contributed by atoms with van der Waals surface area (Å²) in [6.07, 6.45) is 4.97. The molecule has 1 aromatic carbocycles. The standard InChI is InChI=1S/C18H23ClN2O4/c1-12-5-6-13(19)9-15(12)21-17(23)16(22)20-10-14-11-24-18(25-14)7-3-2-4-8-18/h5-6,9,14H,2-4,7-8,10-11H2,1H3,(H,20,22)(H,21,23)/t14-/m1/s1. The number of amides is 2. The number of aryl methyl sites for hydroxylation is 1. The highest BCUT2D eigenvalue weighted by Gasteiger charge is 2.42. The van der Waals surface area contributed by atoms with Crippen molar-refractivity contribution in [2.24, 2.45) is 0 Å². The van der Waals surface area contributed by atoms with Gasteiger partial charge in [0.2, 0.25) is 0 Å². The Morgan fingerprint density at radius 1 is 1.24 bits per heavy atom. The lowest BCUT2D eigenvalue weighted by atomic mass is 9.94. The molecule has 3 rings (SSSR count). The van der Waals surface area contributed by atoms with Gasteiger partial charge in [0.25, 0.3) is 0 Å². The van der Waals surface area contributed by atoms with Crippen LogP contribution in [0.15, 0.2) is 18.2 Å². The van der Waals surface area contributed by atoms with E-state index in [-0.39, 0.29) is 12.6 Å². The third kappa shape index (κ3) is 4.51. The van der Waals surface area contributed by atoms with Crippen molar-refractivity contribution in [2.45, 2.75) is 50.9 Å². The zero-order chi connectivity index (χ0) is 17.9. The van der Waals surface area contributed by atoms with Gasteiger partial charge in [0, 0.05) is 30.1 Å². The van der Waals surface area contributed by atoms with Gasteiger partial charge in [0.1, 0.15) is 6.10 Å². The van der Waals surface area contributed by atoms with Gasteiger partial charge in [-0.15, -0.1) is 0 Å². The summed E-state index contributed by atoms with van der Waals surface area (Å²) in [4.78, 5) is 24.1. The molecule has 2 fully saturated rings. The summed E-state index contributed by atoms with van der Waals surface area (Å²) in [5.41, 5.74) is 1.35. The van der Waals surface area contributed by atoms with Gasteiger partial charge < -0.3 is 20.1 Å². The molecule has 1 saturated carbocycles. The van der Waals surface area contributed by atoms with Gasteiger partial charge in [-0.2, -0.15) is 0 Å². The van der Waals surface area contributed by atoms with E-state index in [0.717, 1.165) is 31.2 Å². The van der Waals surface area contributed by atoms with Crippen LogP contribution in [-0.4, -0.2) is 36.9 Å². The lowest BCUT2D eigenvalue weighted by Gasteiger charge is -2.31. The molecule has 2 N–H and O–H groups in total. The second kappa shape index (κ2) is 7.72. The number of ether oxygens (including phenoxy) is 2. The Bertz CT molecular complexity index is 658. The molecule has 1 saturated heterocycles. The topological polar surface area (TPSA) is 76.7 Å². The minimum atomic E-state index is -0.725. The van der Waals surface area contributed by atoms with E-state index in [1.54, 1.807) is 18.2 Å². The fourth-order valence-electron chi connectivity index (χ4n) is 3.26.